The Balaban J connectivity index is 1.38. The molecule has 12 heteroatoms. The predicted octanol–water partition coefficient (Wildman–Crippen LogP) is 5.91. The van der Waals surface area contributed by atoms with E-state index in [-0.39, 0.29) is 39.0 Å². The summed E-state index contributed by atoms with van der Waals surface area (Å²) >= 11 is 6.95. The van der Waals surface area contributed by atoms with Crippen LogP contribution in [0.5, 0.6) is 0 Å². The number of thiazole rings is 1. The van der Waals surface area contributed by atoms with Crippen LogP contribution in [0.3, 0.4) is 0 Å². The van der Waals surface area contributed by atoms with Gasteiger partial charge in [-0.25, -0.2) is 18.2 Å². The maximum absolute atomic E-state index is 15.5. The van der Waals surface area contributed by atoms with Gasteiger partial charge in [-0.05, 0) is 25.0 Å². The first-order valence-corrected chi connectivity index (χ1v) is 13.0. The Morgan fingerprint density at radius 1 is 1.16 bits per heavy atom. The topological polar surface area (TPSA) is 95.1 Å². The predicted molar refractivity (Wildman–Crippen MR) is 140 cm³/mol. The maximum Gasteiger partial charge on any atom is 0.275 e. The van der Waals surface area contributed by atoms with Gasteiger partial charge in [-0.2, -0.15) is 5.10 Å². The maximum atomic E-state index is 15.5. The molecule has 1 saturated heterocycles. The standard InChI is InChI=1S/C26H23ClF3N5O2S/c1-35-24(21-9-8-18(31)17(28)11-37-21)19(10-32-35)33-25(36)20-12-38-26(34-20)15-6-2-4-13(22(15)29)14-5-3-7-16(27)23(14)30/h2-7,10,12,17-18,21H,8-9,11,31H2,1H3,(H,33,36)/t17-,18?,21?/m0/s1. The molecule has 7 nitrogen and oxygen atoms in total. The fourth-order valence-electron chi connectivity index (χ4n) is 4.39. The van der Waals surface area contributed by atoms with E-state index in [4.69, 9.17) is 22.1 Å². The fraction of sp³-hybridized carbons (Fsp3) is 0.269. The molecule has 1 aliphatic rings. The molecule has 3 heterocycles. The van der Waals surface area contributed by atoms with Crippen molar-refractivity contribution in [2.24, 2.45) is 12.8 Å². The molecule has 4 aromatic rings. The molecular formula is C26H23ClF3N5O2S. The number of halogens is 4. The zero-order chi connectivity index (χ0) is 27.0. The van der Waals surface area contributed by atoms with E-state index < -0.39 is 35.9 Å². The average molecular weight is 562 g/mol. The van der Waals surface area contributed by atoms with E-state index in [1.807, 2.05) is 0 Å². The molecule has 2 aromatic heterocycles. The number of nitrogens with one attached hydrogen (secondary N) is 1. The number of nitrogens with two attached hydrogens (primary N) is 1. The van der Waals surface area contributed by atoms with Crippen molar-refractivity contribution in [3.8, 4) is 21.7 Å². The van der Waals surface area contributed by atoms with Crippen molar-refractivity contribution in [3.63, 3.8) is 0 Å². The Hall–Kier alpha value is -3.25. The monoisotopic (exact) mass is 561 g/mol. The van der Waals surface area contributed by atoms with Gasteiger partial charge in [0.1, 0.15) is 34.6 Å². The molecule has 1 amide bonds. The number of carbonyl (C=O) groups excluding carboxylic acids is 1. The van der Waals surface area contributed by atoms with E-state index in [0.29, 0.717) is 24.2 Å². The van der Waals surface area contributed by atoms with E-state index in [2.05, 4.69) is 15.4 Å². The van der Waals surface area contributed by atoms with Crippen LogP contribution in [-0.4, -0.2) is 39.5 Å². The molecular weight excluding hydrogens is 539 g/mol. The number of aromatic nitrogens is 3. The van der Waals surface area contributed by atoms with Gasteiger partial charge in [-0.15, -0.1) is 11.3 Å². The zero-order valence-electron chi connectivity index (χ0n) is 20.1. The lowest BCUT2D eigenvalue weighted by Gasteiger charge is -2.17. The normalized spacial score (nSPS) is 19.8. The van der Waals surface area contributed by atoms with Crippen LogP contribution < -0.4 is 11.1 Å². The molecule has 5 rings (SSSR count). The van der Waals surface area contributed by atoms with E-state index in [1.54, 1.807) is 17.8 Å². The Kier molecular flexibility index (Phi) is 7.53. The van der Waals surface area contributed by atoms with E-state index in [0.717, 1.165) is 11.3 Å². The minimum atomic E-state index is -1.27. The number of alkyl halides is 1. The fourth-order valence-corrected chi connectivity index (χ4v) is 5.38. The molecule has 38 heavy (non-hydrogen) atoms. The summed E-state index contributed by atoms with van der Waals surface area (Å²) in [5.74, 6) is -1.94. The first kappa shape index (κ1) is 26.4. The highest BCUT2D eigenvalue weighted by molar-refractivity contribution is 7.13. The molecule has 2 aromatic carbocycles. The van der Waals surface area contributed by atoms with Gasteiger partial charge >= 0.3 is 0 Å². The smallest absolute Gasteiger partial charge is 0.275 e. The summed E-state index contributed by atoms with van der Waals surface area (Å²) in [7, 11) is 1.70. The number of hydrogen-bond donors (Lipinski definition) is 2. The number of hydrogen-bond acceptors (Lipinski definition) is 6. The van der Waals surface area contributed by atoms with Gasteiger partial charge in [-0.3, -0.25) is 9.48 Å². The first-order chi connectivity index (χ1) is 18.2. The average Bonchev–Trinajstić information content (AvgIpc) is 3.49. The number of ether oxygens (including phenoxy) is 1. The molecule has 1 aliphatic heterocycles. The number of nitrogens with zero attached hydrogens (tertiary/aromatic N) is 3. The highest BCUT2D eigenvalue weighted by atomic mass is 35.5. The summed E-state index contributed by atoms with van der Waals surface area (Å²) in [4.78, 5) is 17.4. The lowest BCUT2D eigenvalue weighted by Crippen LogP contribution is -2.32. The number of rotatable bonds is 5. The Labute approximate surface area is 225 Å². The van der Waals surface area contributed by atoms with Crippen molar-refractivity contribution in [2.45, 2.75) is 31.2 Å². The largest absolute Gasteiger partial charge is 0.369 e. The van der Waals surface area contributed by atoms with Crippen molar-refractivity contribution < 1.29 is 22.7 Å². The van der Waals surface area contributed by atoms with E-state index >= 15 is 4.39 Å². The lowest BCUT2D eigenvalue weighted by molar-refractivity contribution is 0.0247. The highest BCUT2D eigenvalue weighted by Crippen LogP contribution is 2.36. The molecule has 0 radical (unpaired) electrons. The molecule has 0 saturated carbocycles. The van der Waals surface area contributed by atoms with Crippen LogP contribution in [0, 0.1) is 11.6 Å². The highest BCUT2D eigenvalue weighted by Gasteiger charge is 2.30. The van der Waals surface area contributed by atoms with Gasteiger partial charge in [0.15, 0.2) is 0 Å². The second-order valence-corrected chi connectivity index (χ2v) is 10.2. The molecule has 0 aliphatic carbocycles. The number of amides is 1. The molecule has 3 N–H and O–H groups in total. The van der Waals surface area contributed by atoms with Gasteiger partial charge in [0.05, 0.1) is 29.2 Å². The SMILES string of the molecule is Cn1ncc(NC(=O)c2csc(-c3cccc(-c4cccc(Cl)c4F)c3F)n2)c1C1CCC(N)[C@@H](F)CO1. The third-order valence-corrected chi connectivity index (χ3v) is 7.60. The van der Waals surface area contributed by atoms with Crippen LogP contribution in [0.15, 0.2) is 48.0 Å². The summed E-state index contributed by atoms with van der Waals surface area (Å²) in [5.41, 5.74) is 7.05. The Morgan fingerprint density at radius 3 is 2.66 bits per heavy atom. The quantitative estimate of drug-likeness (QED) is 0.316. The van der Waals surface area contributed by atoms with Crippen LogP contribution in [0.2, 0.25) is 5.02 Å². The van der Waals surface area contributed by atoms with Gasteiger partial charge < -0.3 is 15.8 Å². The van der Waals surface area contributed by atoms with Crippen LogP contribution in [0.25, 0.3) is 21.7 Å². The number of carbonyl (C=O) groups is 1. The van der Waals surface area contributed by atoms with Gasteiger partial charge in [-0.1, -0.05) is 35.9 Å². The Bertz CT molecular complexity index is 1480. The van der Waals surface area contributed by atoms with Crippen molar-refractivity contribution in [3.05, 3.63) is 76.0 Å². The van der Waals surface area contributed by atoms with Gasteiger partial charge in [0.2, 0.25) is 0 Å². The second-order valence-electron chi connectivity index (χ2n) is 8.91. The number of benzene rings is 2. The van der Waals surface area contributed by atoms with Crippen LogP contribution in [0.4, 0.5) is 18.9 Å². The minimum absolute atomic E-state index is 0.0243. The second kappa shape index (κ2) is 10.9. The lowest BCUT2D eigenvalue weighted by atomic mass is 10.0. The van der Waals surface area contributed by atoms with E-state index in [1.165, 1.54) is 41.9 Å². The first-order valence-electron chi connectivity index (χ1n) is 11.8. The molecule has 198 valence electrons. The van der Waals surface area contributed by atoms with Crippen LogP contribution >= 0.6 is 22.9 Å². The third kappa shape index (κ3) is 5.06. The molecule has 3 atom stereocenters. The summed E-state index contributed by atoms with van der Waals surface area (Å²) in [6.07, 6.45) is 0.593. The van der Waals surface area contributed by atoms with Crippen molar-refractivity contribution >= 4 is 34.5 Å². The van der Waals surface area contributed by atoms with Gasteiger partial charge in [0.25, 0.3) is 5.91 Å². The van der Waals surface area contributed by atoms with Crippen LogP contribution in [0.1, 0.15) is 35.1 Å². The Morgan fingerprint density at radius 2 is 1.87 bits per heavy atom. The summed E-state index contributed by atoms with van der Waals surface area (Å²) in [6, 6.07) is 8.28. The van der Waals surface area contributed by atoms with Crippen LogP contribution in [-0.2, 0) is 11.8 Å². The molecule has 1 fully saturated rings. The van der Waals surface area contributed by atoms with Crippen molar-refractivity contribution in [2.75, 3.05) is 11.9 Å². The molecule has 0 spiro atoms. The number of anilines is 1. The minimum Gasteiger partial charge on any atom is -0.369 e. The summed E-state index contributed by atoms with van der Waals surface area (Å²) in [5, 5.41) is 8.63. The third-order valence-electron chi connectivity index (χ3n) is 6.43. The molecule has 2 unspecified atom stereocenters. The molecule has 0 bridgehead atoms. The van der Waals surface area contributed by atoms with Crippen molar-refractivity contribution in [1.82, 2.24) is 14.8 Å². The van der Waals surface area contributed by atoms with Gasteiger partial charge in [0, 0.05) is 35.2 Å². The zero-order valence-corrected chi connectivity index (χ0v) is 21.7. The number of aryl methyl sites for hydroxylation is 1. The summed E-state index contributed by atoms with van der Waals surface area (Å²) in [6.45, 7) is -0.149. The van der Waals surface area contributed by atoms with E-state index in [9.17, 15) is 13.6 Å². The van der Waals surface area contributed by atoms with Crippen molar-refractivity contribution in [1.29, 1.82) is 0 Å². The summed E-state index contributed by atoms with van der Waals surface area (Å²) < 4.78 is 51.3.